The van der Waals surface area contributed by atoms with Gasteiger partial charge in [-0.1, -0.05) is 6.92 Å². The molecular formula is C11H22N2O2. The van der Waals surface area contributed by atoms with Gasteiger partial charge in [0.05, 0.1) is 11.6 Å². The zero-order valence-corrected chi connectivity index (χ0v) is 9.62. The minimum absolute atomic E-state index is 0.0913. The molecule has 88 valence electrons. The van der Waals surface area contributed by atoms with Crippen molar-refractivity contribution in [1.82, 2.24) is 5.32 Å². The van der Waals surface area contributed by atoms with Crippen molar-refractivity contribution in [2.75, 3.05) is 6.54 Å². The summed E-state index contributed by atoms with van der Waals surface area (Å²) in [6.07, 6.45) is 3.10. The summed E-state index contributed by atoms with van der Waals surface area (Å²) in [6, 6.07) is 0. The first kappa shape index (κ1) is 12.5. The van der Waals surface area contributed by atoms with Gasteiger partial charge in [0.25, 0.3) is 0 Å². The molecule has 1 saturated carbocycles. The molecule has 0 aromatic heterocycles. The van der Waals surface area contributed by atoms with Gasteiger partial charge in [0, 0.05) is 6.54 Å². The fraction of sp³-hybridized carbons (Fsp3) is 0.909. The number of amides is 1. The van der Waals surface area contributed by atoms with Crippen LogP contribution in [0.25, 0.3) is 0 Å². The number of hydrogen-bond acceptors (Lipinski definition) is 3. The molecule has 4 N–H and O–H groups in total. The Balaban J connectivity index is 2.28. The molecule has 1 rings (SSSR count). The molecule has 4 nitrogen and oxygen atoms in total. The Hall–Kier alpha value is -0.610. The molecule has 0 saturated heterocycles. The molecule has 4 heteroatoms. The summed E-state index contributed by atoms with van der Waals surface area (Å²) < 4.78 is 0. The maximum absolute atomic E-state index is 11.6. The van der Waals surface area contributed by atoms with Crippen molar-refractivity contribution in [3.05, 3.63) is 0 Å². The van der Waals surface area contributed by atoms with Crippen LogP contribution < -0.4 is 11.1 Å². The summed E-state index contributed by atoms with van der Waals surface area (Å²) in [5, 5.41) is 12.2. The molecule has 1 amide bonds. The molecule has 0 heterocycles. The second-order valence-electron chi connectivity index (χ2n) is 4.81. The number of aliphatic hydroxyl groups excluding tert-OH is 1. The van der Waals surface area contributed by atoms with Gasteiger partial charge in [-0.3, -0.25) is 4.79 Å². The number of rotatable bonds is 4. The number of hydrogen-bond donors (Lipinski definition) is 3. The van der Waals surface area contributed by atoms with E-state index in [4.69, 9.17) is 5.73 Å². The molecule has 3 unspecified atom stereocenters. The van der Waals surface area contributed by atoms with E-state index in [0.29, 0.717) is 18.9 Å². The monoisotopic (exact) mass is 214 g/mol. The third-order valence-electron chi connectivity index (χ3n) is 3.32. The molecule has 15 heavy (non-hydrogen) atoms. The minimum atomic E-state index is -0.767. The molecular weight excluding hydrogens is 192 g/mol. The highest BCUT2D eigenvalue weighted by molar-refractivity contribution is 5.85. The predicted octanol–water partition coefficient (Wildman–Crippen LogP) is 0.391. The van der Waals surface area contributed by atoms with E-state index in [-0.39, 0.29) is 12.0 Å². The van der Waals surface area contributed by atoms with Crippen LogP contribution in [0, 0.1) is 5.92 Å². The van der Waals surface area contributed by atoms with Crippen molar-refractivity contribution >= 4 is 5.91 Å². The molecule has 1 aliphatic rings. The maximum Gasteiger partial charge on any atom is 0.239 e. The summed E-state index contributed by atoms with van der Waals surface area (Å²) >= 11 is 0. The van der Waals surface area contributed by atoms with E-state index in [1.54, 1.807) is 6.92 Å². The van der Waals surface area contributed by atoms with Gasteiger partial charge in [-0.2, -0.15) is 0 Å². The van der Waals surface area contributed by atoms with Crippen molar-refractivity contribution in [3.8, 4) is 0 Å². The fourth-order valence-corrected chi connectivity index (χ4v) is 1.83. The van der Waals surface area contributed by atoms with E-state index >= 15 is 0 Å². The van der Waals surface area contributed by atoms with Gasteiger partial charge >= 0.3 is 0 Å². The van der Waals surface area contributed by atoms with Crippen LogP contribution in [-0.2, 0) is 4.79 Å². The first-order valence-electron chi connectivity index (χ1n) is 5.71. The first-order chi connectivity index (χ1) is 6.95. The quantitative estimate of drug-likeness (QED) is 0.633. The van der Waals surface area contributed by atoms with E-state index in [1.165, 1.54) is 0 Å². The van der Waals surface area contributed by atoms with Gasteiger partial charge in [0.2, 0.25) is 5.91 Å². The Kier molecular flexibility index (Phi) is 4.11. The van der Waals surface area contributed by atoms with Crippen LogP contribution >= 0.6 is 0 Å². The van der Waals surface area contributed by atoms with Crippen LogP contribution in [0.4, 0.5) is 0 Å². The Labute approximate surface area is 91.2 Å². The van der Waals surface area contributed by atoms with Gasteiger partial charge in [-0.15, -0.1) is 0 Å². The van der Waals surface area contributed by atoms with Crippen LogP contribution in [0.1, 0.15) is 39.5 Å². The van der Waals surface area contributed by atoms with Crippen LogP contribution in [0.15, 0.2) is 0 Å². The normalized spacial score (nSPS) is 29.9. The molecule has 1 fully saturated rings. The largest absolute Gasteiger partial charge is 0.393 e. The Morgan fingerprint density at radius 3 is 2.73 bits per heavy atom. The zero-order chi connectivity index (χ0) is 11.5. The highest BCUT2D eigenvalue weighted by atomic mass is 16.3. The molecule has 1 aliphatic carbocycles. The second-order valence-corrected chi connectivity index (χ2v) is 4.81. The lowest BCUT2D eigenvalue weighted by Crippen LogP contribution is -2.51. The van der Waals surface area contributed by atoms with Crippen LogP contribution in [0.3, 0.4) is 0 Å². The maximum atomic E-state index is 11.6. The van der Waals surface area contributed by atoms with E-state index in [9.17, 15) is 9.90 Å². The third kappa shape index (κ3) is 3.47. The van der Waals surface area contributed by atoms with E-state index in [2.05, 4.69) is 5.32 Å². The molecule has 3 atom stereocenters. The minimum Gasteiger partial charge on any atom is -0.393 e. The smallest absolute Gasteiger partial charge is 0.239 e. The Bertz CT molecular complexity index is 229. The van der Waals surface area contributed by atoms with Gasteiger partial charge in [-0.05, 0) is 38.5 Å². The van der Waals surface area contributed by atoms with E-state index in [0.717, 1.165) is 19.3 Å². The van der Waals surface area contributed by atoms with Gasteiger partial charge < -0.3 is 16.2 Å². The van der Waals surface area contributed by atoms with Crippen LogP contribution in [0.2, 0.25) is 0 Å². The lowest BCUT2D eigenvalue weighted by atomic mass is 9.99. The number of carbonyl (C=O) groups is 1. The van der Waals surface area contributed by atoms with Gasteiger partial charge in [0.15, 0.2) is 0 Å². The van der Waals surface area contributed by atoms with Crippen molar-refractivity contribution in [1.29, 1.82) is 0 Å². The predicted molar refractivity (Wildman–Crippen MR) is 59.2 cm³/mol. The fourth-order valence-electron chi connectivity index (χ4n) is 1.83. The van der Waals surface area contributed by atoms with Gasteiger partial charge in [-0.25, -0.2) is 0 Å². The Morgan fingerprint density at radius 2 is 2.27 bits per heavy atom. The van der Waals surface area contributed by atoms with E-state index < -0.39 is 5.54 Å². The number of nitrogens with two attached hydrogens (primary N) is 1. The summed E-state index contributed by atoms with van der Waals surface area (Å²) in [7, 11) is 0. The molecule has 0 bridgehead atoms. The highest BCUT2D eigenvalue weighted by Gasteiger charge is 2.28. The van der Waals surface area contributed by atoms with Crippen LogP contribution in [0.5, 0.6) is 0 Å². The summed E-state index contributed by atoms with van der Waals surface area (Å²) in [6.45, 7) is 4.29. The van der Waals surface area contributed by atoms with Crippen LogP contribution in [-0.4, -0.2) is 29.2 Å². The summed E-state index contributed by atoms with van der Waals surface area (Å²) in [4.78, 5) is 11.6. The lowest BCUT2D eigenvalue weighted by molar-refractivity contribution is -0.126. The third-order valence-corrected chi connectivity index (χ3v) is 3.32. The average molecular weight is 214 g/mol. The number of carbonyl (C=O) groups excluding carboxylic acids is 1. The highest BCUT2D eigenvalue weighted by Crippen LogP contribution is 2.24. The topological polar surface area (TPSA) is 75.4 Å². The first-order valence-corrected chi connectivity index (χ1v) is 5.71. The average Bonchev–Trinajstić information content (AvgIpc) is 2.60. The Morgan fingerprint density at radius 1 is 1.60 bits per heavy atom. The molecule has 0 spiro atoms. The summed E-state index contributed by atoms with van der Waals surface area (Å²) in [5.41, 5.74) is 5.04. The molecule has 0 radical (unpaired) electrons. The second kappa shape index (κ2) is 4.94. The van der Waals surface area contributed by atoms with E-state index in [1.807, 2.05) is 6.92 Å². The molecule has 0 aliphatic heterocycles. The van der Waals surface area contributed by atoms with Crippen molar-refractivity contribution < 1.29 is 9.90 Å². The van der Waals surface area contributed by atoms with Gasteiger partial charge in [0.1, 0.15) is 0 Å². The summed E-state index contributed by atoms with van der Waals surface area (Å²) in [5.74, 6) is 0.322. The zero-order valence-electron chi connectivity index (χ0n) is 9.62. The van der Waals surface area contributed by atoms with Crippen molar-refractivity contribution in [2.45, 2.75) is 51.2 Å². The number of aliphatic hydroxyl groups is 1. The number of nitrogens with one attached hydrogen (secondary N) is 1. The standard InChI is InChI=1S/C11H22N2O2/c1-3-11(2,12)10(15)13-7-8-4-5-9(14)6-8/h8-9,14H,3-7,12H2,1-2H3,(H,13,15). The lowest BCUT2D eigenvalue weighted by Gasteiger charge is -2.22. The molecule has 0 aromatic rings. The SMILES string of the molecule is CCC(C)(N)C(=O)NCC1CCC(O)C1. The van der Waals surface area contributed by atoms with Crippen molar-refractivity contribution in [3.63, 3.8) is 0 Å². The van der Waals surface area contributed by atoms with Crippen molar-refractivity contribution in [2.24, 2.45) is 11.7 Å². The molecule has 0 aromatic carbocycles.